The Bertz CT molecular complexity index is 520. The highest BCUT2D eigenvalue weighted by atomic mass is 16.2. The van der Waals surface area contributed by atoms with Gasteiger partial charge in [-0.2, -0.15) is 5.10 Å². The van der Waals surface area contributed by atoms with Crippen molar-refractivity contribution in [3.05, 3.63) is 35.9 Å². The molecule has 1 aromatic carbocycles. The summed E-state index contributed by atoms with van der Waals surface area (Å²) in [6, 6.07) is 9.17. The lowest BCUT2D eigenvalue weighted by molar-refractivity contribution is -0.120. The maximum Gasteiger partial charge on any atom is 0.271 e. The second-order valence-electron chi connectivity index (χ2n) is 5.38. The van der Waals surface area contributed by atoms with Crippen LogP contribution in [0.5, 0.6) is 0 Å². The molecule has 1 aromatic rings. The Labute approximate surface area is 124 Å². The standard InChI is InChI=1S/C16H21N3O2/c1-12(11-15(20)17-14-9-5-6-10-14)18-19-16(21)13-7-3-2-4-8-13/h2-4,7-8,14H,5-6,9-11H2,1H3,(H,17,20)(H,19,21). The number of hydrazone groups is 1. The van der Waals surface area contributed by atoms with Crippen LogP contribution in [0.3, 0.4) is 0 Å². The molecule has 2 N–H and O–H groups in total. The van der Waals surface area contributed by atoms with Gasteiger partial charge >= 0.3 is 0 Å². The Balaban J connectivity index is 1.78. The molecule has 1 aliphatic carbocycles. The number of nitrogens with one attached hydrogen (secondary N) is 2. The predicted octanol–water partition coefficient (Wildman–Crippen LogP) is 2.24. The first kappa shape index (κ1) is 15.2. The van der Waals surface area contributed by atoms with Crippen LogP contribution in [-0.2, 0) is 4.79 Å². The molecule has 0 saturated heterocycles. The Hall–Kier alpha value is -2.17. The van der Waals surface area contributed by atoms with E-state index in [-0.39, 0.29) is 18.2 Å². The van der Waals surface area contributed by atoms with E-state index in [0.717, 1.165) is 12.8 Å². The Morgan fingerprint density at radius 3 is 2.52 bits per heavy atom. The van der Waals surface area contributed by atoms with Crippen LogP contribution in [0.2, 0.25) is 0 Å². The maximum atomic E-state index is 11.8. The molecule has 2 rings (SSSR count). The van der Waals surface area contributed by atoms with E-state index in [1.54, 1.807) is 31.2 Å². The molecule has 0 bridgehead atoms. The predicted molar refractivity (Wildman–Crippen MR) is 82.0 cm³/mol. The highest BCUT2D eigenvalue weighted by Crippen LogP contribution is 2.17. The molecule has 0 unspecified atom stereocenters. The summed E-state index contributed by atoms with van der Waals surface area (Å²) in [4.78, 5) is 23.6. The molecule has 0 heterocycles. The Kier molecular flexibility index (Phi) is 5.49. The van der Waals surface area contributed by atoms with Crippen LogP contribution in [0.1, 0.15) is 49.4 Å². The van der Waals surface area contributed by atoms with Crippen molar-refractivity contribution in [1.82, 2.24) is 10.7 Å². The van der Waals surface area contributed by atoms with Crippen LogP contribution < -0.4 is 10.7 Å². The minimum Gasteiger partial charge on any atom is -0.353 e. The molecular weight excluding hydrogens is 266 g/mol. The van der Waals surface area contributed by atoms with Crippen molar-refractivity contribution in [1.29, 1.82) is 0 Å². The second-order valence-corrected chi connectivity index (χ2v) is 5.38. The first-order chi connectivity index (χ1) is 10.1. The van der Waals surface area contributed by atoms with E-state index in [0.29, 0.717) is 17.3 Å². The summed E-state index contributed by atoms with van der Waals surface area (Å²) < 4.78 is 0. The molecule has 21 heavy (non-hydrogen) atoms. The molecule has 0 radical (unpaired) electrons. The number of hydrogen-bond acceptors (Lipinski definition) is 3. The summed E-state index contributed by atoms with van der Waals surface area (Å²) in [6.45, 7) is 1.74. The number of rotatable bonds is 5. The molecule has 112 valence electrons. The van der Waals surface area contributed by atoms with Crippen molar-refractivity contribution in [2.45, 2.75) is 45.1 Å². The average molecular weight is 287 g/mol. The number of hydrogen-bond donors (Lipinski definition) is 2. The normalized spacial score (nSPS) is 15.8. The first-order valence-electron chi connectivity index (χ1n) is 7.33. The van der Waals surface area contributed by atoms with Crippen LogP contribution in [0.15, 0.2) is 35.4 Å². The van der Waals surface area contributed by atoms with Crippen LogP contribution in [0.4, 0.5) is 0 Å². The molecule has 1 saturated carbocycles. The summed E-state index contributed by atoms with van der Waals surface area (Å²) in [5.41, 5.74) is 3.60. The Morgan fingerprint density at radius 2 is 1.86 bits per heavy atom. The monoisotopic (exact) mass is 287 g/mol. The number of nitrogens with zero attached hydrogens (tertiary/aromatic N) is 1. The number of carbonyl (C=O) groups is 2. The van der Waals surface area contributed by atoms with Crippen molar-refractivity contribution < 1.29 is 9.59 Å². The summed E-state index contributed by atoms with van der Waals surface area (Å²) in [5, 5.41) is 6.97. The minimum absolute atomic E-state index is 0.0305. The fourth-order valence-corrected chi connectivity index (χ4v) is 2.42. The van der Waals surface area contributed by atoms with Gasteiger partial charge in [0.2, 0.25) is 5.91 Å². The van der Waals surface area contributed by atoms with E-state index in [1.807, 2.05) is 6.07 Å². The molecule has 0 aromatic heterocycles. The number of carbonyl (C=O) groups excluding carboxylic acids is 2. The van der Waals surface area contributed by atoms with Gasteiger partial charge < -0.3 is 5.32 Å². The molecule has 5 nitrogen and oxygen atoms in total. The quantitative estimate of drug-likeness (QED) is 0.644. The summed E-state index contributed by atoms with van der Waals surface area (Å²) in [6.07, 6.45) is 4.71. The molecule has 5 heteroatoms. The third-order valence-corrected chi connectivity index (χ3v) is 3.52. The number of amides is 2. The summed E-state index contributed by atoms with van der Waals surface area (Å²) >= 11 is 0. The molecular formula is C16H21N3O2. The lowest BCUT2D eigenvalue weighted by Gasteiger charge is -2.11. The zero-order valence-electron chi connectivity index (χ0n) is 12.3. The van der Waals surface area contributed by atoms with E-state index < -0.39 is 0 Å². The largest absolute Gasteiger partial charge is 0.353 e. The van der Waals surface area contributed by atoms with E-state index in [9.17, 15) is 9.59 Å². The van der Waals surface area contributed by atoms with E-state index >= 15 is 0 Å². The first-order valence-corrected chi connectivity index (χ1v) is 7.33. The van der Waals surface area contributed by atoms with Crippen molar-refractivity contribution in [2.24, 2.45) is 5.10 Å². The molecule has 0 aliphatic heterocycles. The summed E-state index contributed by atoms with van der Waals surface area (Å²) in [7, 11) is 0. The van der Waals surface area contributed by atoms with Gasteiger partial charge in [0, 0.05) is 17.3 Å². The number of benzene rings is 1. The zero-order valence-corrected chi connectivity index (χ0v) is 12.3. The van der Waals surface area contributed by atoms with Crippen LogP contribution in [0, 0.1) is 0 Å². The third-order valence-electron chi connectivity index (χ3n) is 3.52. The third kappa shape index (κ3) is 5.02. The van der Waals surface area contributed by atoms with Gasteiger partial charge in [-0.3, -0.25) is 9.59 Å². The van der Waals surface area contributed by atoms with Crippen molar-refractivity contribution in [2.75, 3.05) is 0 Å². The van der Waals surface area contributed by atoms with Gasteiger partial charge in [-0.05, 0) is 31.9 Å². The maximum absolute atomic E-state index is 11.8. The highest BCUT2D eigenvalue weighted by molar-refractivity contribution is 6.01. The lowest BCUT2D eigenvalue weighted by atomic mass is 10.2. The van der Waals surface area contributed by atoms with Gasteiger partial charge in [0.1, 0.15) is 0 Å². The second kappa shape index (κ2) is 7.57. The topological polar surface area (TPSA) is 70.6 Å². The lowest BCUT2D eigenvalue weighted by Crippen LogP contribution is -2.33. The smallest absolute Gasteiger partial charge is 0.271 e. The van der Waals surface area contributed by atoms with E-state index in [2.05, 4.69) is 15.8 Å². The van der Waals surface area contributed by atoms with E-state index in [1.165, 1.54) is 12.8 Å². The molecule has 1 aliphatic rings. The fourth-order valence-electron chi connectivity index (χ4n) is 2.42. The van der Waals surface area contributed by atoms with Crippen LogP contribution in [-0.4, -0.2) is 23.6 Å². The SMILES string of the molecule is CC(CC(=O)NC1CCCC1)=NNC(=O)c1ccccc1. The van der Waals surface area contributed by atoms with Crippen molar-refractivity contribution in [3.8, 4) is 0 Å². The zero-order chi connectivity index (χ0) is 15.1. The molecule has 1 fully saturated rings. The van der Waals surface area contributed by atoms with E-state index in [4.69, 9.17) is 0 Å². The van der Waals surface area contributed by atoms with Gasteiger partial charge in [-0.15, -0.1) is 0 Å². The van der Waals surface area contributed by atoms with Gasteiger partial charge in [-0.1, -0.05) is 31.0 Å². The van der Waals surface area contributed by atoms with Gasteiger partial charge in [-0.25, -0.2) is 5.43 Å². The highest BCUT2D eigenvalue weighted by Gasteiger charge is 2.17. The Morgan fingerprint density at radius 1 is 1.19 bits per heavy atom. The molecule has 2 amide bonds. The summed E-state index contributed by atoms with van der Waals surface area (Å²) in [5.74, 6) is -0.303. The van der Waals surface area contributed by atoms with Crippen LogP contribution in [0.25, 0.3) is 0 Å². The fraction of sp³-hybridized carbons (Fsp3) is 0.438. The molecule has 0 spiro atoms. The van der Waals surface area contributed by atoms with Crippen molar-refractivity contribution >= 4 is 17.5 Å². The van der Waals surface area contributed by atoms with Gasteiger partial charge in [0.05, 0.1) is 6.42 Å². The van der Waals surface area contributed by atoms with Gasteiger partial charge in [0.15, 0.2) is 0 Å². The minimum atomic E-state index is -0.272. The van der Waals surface area contributed by atoms with Gasteiger partial charge in [0.25, 0.3) is 5.91 Å². The van der Waals surface area contributed by atoms with Crippen LogP contribution >= 0.6 is 0 Å². The van der Waals surface area contributed by atoms with Crippen molar-refractivity contribution in [3.63, 3.8) is 0 Å². The molecule has 0 atom stereocenters. The average Bonchev–Trinajstić information content (AvgIpc) is 2.98.